The first-order valence-electron chi connectivity index (χ1n) is 7.07. The quantitative estimate of drug-likeness (QED) is 0.607. The van der Waals surface area contributed by atoms with Gasteiger partial charge in [-0.25, -0.2) is 9.97 Å². The number of aromatic amines is 1. The highest BCUT2D eigenvalue weighted by molar-refractivity contribution is 7.14. The van der Waals surface area contributed by atoms with Gasteiger partial charge in [0.1, 0.15) is 5.69 Å². The summed E-state index contributed by atoms with van der Waals surface area (Å²) in [5.41, 5.74) is 2.11. The second kappa shape index (κ2) is 5.36. The van der Waals surface area contributed by atoms with E-state index in [0.29, 0.717) is 11.6 Å². The van der Waals surface area contributed by atoms with Crippen LogP contribution in [0.4, 0.5) is 5.95 Å². The van der Waals surface area contributed by atoms with Gasteiger partial charge in [-0.2, -0.15) is 0 Å². The smallest absolute Gasteiger partial charge is 0.277 e. The number of carbonyl (C=O) groups is 1. The van der Waals surface area contributed by atoms with E-state index in [0.717, 1.165) is 21.0 Å². The molecule has 2 N–H and O–H groups in total. The van der Waals surface area contributed by atoms with E-state index in [2.05, 4.69) is 20.3 Å². The third-order valence-electron chi connectivity index (χ3n) is 3.45. The summed E-state index contributed by atoms with van der Waals surface area (Å²) in [4.78, 5) is 25.2. The van der Waals surface area contributed by atoms with E-state index in [1.165, 1.54) is 11.3 Å². The molecule has 23 heavy (non-hydrogen) atoms. The van der Waals surface area contributed by atoms with E-state index in [1.54, 1.807) is 0 Å². The van der Waals surface area contributed by atoms with E-state index in [1.807, 2.05) is 60.3 Å². The summed E-state index contributed by atoms with van der Waals surface area (Å²) >= 11 is 1.48. The van der Waals surface area contributed by atoms with Crippen molar-refractivity contribution >= 4 is 34.2 Å². The molecule has 114 valence electrons. The lowest BCUT2D eigenvalue weighted by Gasteiger charge is -1.99. The molecule has 0 bridgehead atoms. The Hall–Kier alpha value is -2.93. The molecule has 4 rings (SSSR count). The Morgan fingerprint density at radius 2 is 1.96 bits per heavy atom. The SMILES string of the molecule is Cc1sc(-n2cccc2)nc1C(=O)Nc1nc2ccccc2[nH]1. The molecule has 0 saturated carbocycles. The standard InChI is InChI=1S/C16H13N5OS/c1-10-13(19-16(23-10)21-8-4-5-9-21)14(22)20-15-17-11-6-2-3-7-12(11)18-15/h2-9H,1H3,(H2,17,18,20,22). The van der Waals surface area contributed by atoms with E-state index in [4.69, 9.17) is 0 Å². The molecule has 0 spiro atoms. The highest BCUT2D eigenvalue weighted by atomic mass is 32.1. The van der Waals surface area contributed by atoms with Gasteiger partial charge in [-0.3, -0.25) is 10.1 Å². The van der Waals surface area contributed by atoms with Gasteiger partial charge >= 0.3 is 0 Å². The molecule has 0 radical (unpaired) electrons. The number of nitrogens with zero attached hydrogens (tertiary/aromatic N) is 3. The highest BCUT2D eigenvalue weighted by Gasteiger charge is 2.17. The van der Waals surface area contributed by atoms with Crippen LogP contribution in [0, 0.1) is 6.92 Å². The van der Waals surface area contributed by atoms with Crippen LogP contribution in [-0.2, 0) is 0 Å². The number of hydrogen-bond acceptors (Lipinski definition) is 4. The largest absolute Gasteiger partial charge is 0.324 e. The Morgan fingerprint density at radius 1 is 1.17 bits per heavy atom. The highest BCUT2D eigenvalue weighted by Crippen LogP contribution is 2.22. The zero-order valence-electron chi connectivity index (χ0n) is 12.3. The fourth-order valence-corrected chi connectivity index (χ4v) is 3.22. The number of para-hydroxylation sites is 2. The maximum Gasteiger partial charge on any atom is 0.277 e. The molecule has 3 aromatic heterocycles. The van der Waals surface area contributed by atoms with Crippen LogP contribution in [0.1, 0.15) is 15.4 Å². The van der Waals surface area contributed by atoms with E-state index >= 15 is 0 Å². The molecule has 0 atom stereocenters. The van der Waals surface area contributed by atoms with Crippen molar-refractivity contribution < 1.29 is 4.79 Å². The number of imidazole rings is 1. The van der Waals surface area contributed by atoms with Crippen molar-refractivity contribution in [3.8, 4) is 5.13 Å². The van der Waals surface area contributed by atoms with E-state index in [-0.39, 0.29) is 5.91 Å². The van der Waals surface area contributed by atoms with Crippen LogP contribution in [0.3, 0.4) is 0 Å². The second-order valence-corrected chi connectivity index (χ2v) is 6.23. The molecule has 4 aromatic rings. The average Bonchev–Trinajstić information content (AvgIpc) is 3.25. The Bertz CT molecular complexity index is 950. The first-order valence-corrected chi connectivity index (χ1v) is 7.89. The van der Waals surface area contributed by atoms with Gasteiger partial charge in [0.05, 0.1) is 11.0 Å². The van der Waals surface area contributed by atoms with Crippen LogP contribution in [0.2, 0.25) is 0 Å². The van der Waals surface area contributed by atoms with Gasteiger partial charge in [-0.05, 0) is 31.2 Å². The number of H-pyrrole nitrogens is 1. The summed E-state index contributed by atoms with van der Waals surface area (Å²) in [5.74, 6) is 0.155. The Kier molecular flexibility index (Phi) is 3.20. The zero-order valence-corrected chi connectivity index (χ0v) is 13.1. The van der Waals surface area contributed by atoms with Gasteiger partial charge in [-0.15, -0.1) is 11.3 Å². The maximum atomic E-state index is 12.5. The summed E-state index contributed by atoms with van der Waals surface area (Å²) in [6.07, 6.45) is 3.80. The Morgan fingerprint density at radius 3 is 2.74 bits per heavy atom. The summed E-state index contributed by atoms with van der Waals surface area (Å²) in [6.45, 7) is 1.89. The first-order chi connectivity index (χ1) is 11.2. The molecule has 1 aromatic carbocycles. The molecule has 0 aliphatic rings. The van der Waals surface area contributed by atoms with Crippen LogP contribution in [-0.4, -0.2) is 25.4 Å². The number of benzene rings is 1. The topological polar surface area (TPSA) is 75.6 Å². The lowest BCUT2D eigenvalue weighted by atomic mass is 10.3. The molecule has 0 aliphatic carbocycles. The molecule has 6 nitrogen and oxygen atoms in total. The molecule has 7 heteroatoms. The molecular formula is C16H13N5OS. The third kappa shape index (κ3) is 2.51. The van der Waals surface area contributed by atoms with Crippen molar-refractivity contribution in [3.63, 3.8) is 0 Å². The average molecular weight is 323 g/mol. The fourth-order valence-electron chi connectivity index (χ4n) is 2.34. The van der Waals surface area contributed by atoms with Gasteiger partial charge in [0.25, 0.3) is 5.91 Å². The van der Waals surface area contributed by atoms with Crippen LogP contribution in [0.25, 0.3) is 16.2 Å². The molecule has 0 aliphatic heterocycles. The fraction of sp³-hybridized carbons (Fsp3) is 0.0625. The summed E-state index contributed by atoms with van der Waals surface area (Å²) in [5, 5.41) is 3.54. The number of carbonyl (C=O) groups excluding carboxylic acids is 1. The molecule has 0 fully saturated rings. The summed E-state index contributed by atoms with van der Waals surface area (Å²) in [7, 11) is 0. The number of nitrogens with one attached hydrogen (secondary N) is 2. The number of anilines is 1. The van der Waals surface area contributed by atoms with Gasteiger partial charge in [-0.1, -0.05) is 12.1 Å². The summed E-state index contributed by atoms with van der Waals surface area (Å²) < 4.78 is 1.88. The molecule has 0 saturated heterocycles. The van der Waals surface area contributed by atoms with Crippen molar-refractivity contribution in [1.82, 2.24) is 19.5 Å². The molecule has 3 heterocycles. The number of aryl methyl sites for hydroxylation is 1. The van der Waals surface area contributed by atoms with Crippen LogP contribution in [0.5, 0.6) is 0 Å². The number of amides is 1. The normalized spacial score (nSPS) is 11.0. The summed E-state index contributed by atoms with van der Waals surface area (Å²) in [6, 6.07) is 11.5. The molecule has 1 amide bonds. The number of hydrogen-bond donors (Lipinski definition) is 2. The lowest BCUT2D eigenvalue weighted by molar-refractivity contribution is 0.102. The van der Waals surface area contributed by atoms with Crippen molar-refractivity contribution in [2.24, 2.45) is 0 Å². The number of fused-ring (bicyclic) bond motifs is 1. The Balaban J connectivity index is 1.61. The lowest BCUT2D eigenvalue weighted by Crippen LogP contribution is -2.14. The molecule has 0 unspecified atom stereocenters. The molecular weight excluding hydrogens is 310 g/mol. The van der Waals surface area contributed by atoms with Gasteiger partial charge in [0.2, 0.25) is 5.95 Å². The Labute approximate surface area is 135 Å². The minimum atomic E-state index is -0.267. The second-order valence-electron chi connectivity index (χ2n) is 5.05. The third-order valence-corrected chi connectivity index (χ3v) is 4.43. The monoisotopic (exact) mass is 323 g/mol. The van der Waals surface area contributed by atoms with E-state index in [9.17, 15) is 4.79 Å². The minimum Gasteiger partial charge on any atom is -0.324 e. The number of rotatable bonds is 3. The van der Waals surface area contributed by atoms with Gasteiger partial charge in [0.15, 0.2) is 5.13 Å². The number of thiazole rings is 1. The van der Waals surface area contributed by atoms with Crippen LogP contribution in [0.15, 0.2) is 48.8 Å². The zero-order chi connectivity index (χ0) is 15.8. The van der Waals surface area contributed by atoms with Crippen molar-refractivity contribution in [1.29, 1.82) is 0 Å². The van der Waals surface area contributed by atoms with Gasteiger partial charge < -0.3 is 9.55 Å². The van der Waals surface area contributed by atoms with Gasteiger partial charge in [0, 0.05) is 17.3 Å². The maximum absolute atomic E-state index is 12.5. The minimum absolute atomic E-state index is 0.267. The van der Waals surface area contributed by atoms with Crippen molar-refractivity contribution in [2.75, 3.05) is 5.32 Å². The predicted octanol–water partition coefficient (Wildman–Crippen LogP) is 3.37. The van der Waals surface area contributed by atoms with E-state index < -0.39 is 0 Å². The number of aromatic nitrogens is 4. The van der Waals surface area contributed by atoms with Crippen LogP contribution >= 0.6 is 11.3 Å². The predicted molar refractivity (Wildman–Crippen MR) is 90.2 cm³/mol. The van der Waals surface area contributed by atoms with Crippen molar-refractivity contribution in [3.05, 3.63) is 59.4 Å². The van der Waals surface area contributed by atoms with Crippen LogP contribution < -0.4 is 5.32 Å². The first kappa shape index (κ1) is 13.7. The van der Waals surface area contributed by atoms with Crippen molar-refractivity contribution in [2.45, 2.75) is 6.92 Å².